The van der Waals surface area contributed by atoms with Crippen LogP contribution < -0.4 is 0 Å². The Morgan fingerprint density at radius 2 is 2.00 bits per heavy atom. The molecule has 0 aliphatic heterocycles. The normalized spacial score (nSPS) is 10.5. The van der Waals surface area contributed by atoms with Crippen LogP contribution in [0.3, 0.4) is 0 Å². The topological polar surface area (TPSA) is 38.7 Å². The Morgan fingerprint density at radius 3 is 2.60 bits per heavy atom. The van der Waals surface area contributed by atoms with Crippen LogP contribution in [-0.2, 0) is 0 Å². The molecule has 0 aliphatic carbocycles. The molecule has 0 spiro atoms. The average Bonchev–Trinajstić information content (AvgIpc) is 2.03. The van der Waals surface area contributed by atoms with Gasteiger partial charge in [-0.05, 0) is 19.4 Å². The highest BCUT2D eigenvalue weighted by molar-refractivity contribution is 7.57. The number of aromatic nitrogens is 3. The van der Waals surface area contributed by atoms with E-state index in [1.807, 2.05) is 0 Å². The second-order valence-corrected chi connectivity index (χ2v) is 4.42. The Morgan fingerprint density at radius 1 is 1.30 bits per heavy atom. The van der Waals surface area contributed by atoms with Gasteiger partial charge in [-0.15, -0.1) is 6.42 Å². The molecule has 0 atom stereocenters. The van der Waals surface area contributed by atoms with Crippen molar-refractivity contribution in [2.45, 2.75) is 0 Å². The second kappa shape index (κ2) is 4.27. The summed E-state index contributed by atoms with van der Waals surface area (Å²) in [4.78, 5) is 0. The monoisotopic (exact) mass is 184 g/mol. The number of nitrogens with zero attached hydrogens (tertiary/aromatic N) is 3. The summed E-state index contributed by atoms with van der Waals surface area (Å²) in [7, 11) is 0.600. The molecular weight excluding hydrogens is 183 g/mol. The maximum atomic E-state index is 4.92. The summed E-state index contributed by atoms with van der Waals surface area (Å²) in [6, 6.07) is 0. The zero-order chi connectivity index (χ0) is 7.23. The van der Waals surface area contributed by atoms with Gasteiger partial charge in [-0.3, -0.25) is 0 Å². The molecule has 10 heavy (non-hydrogen) atoms. The van der Waals surface area contributed by atoms with Gasteiger partial charge in [0.1, 0.15) is 0 Å². The van der Waals surface area contributed by atoms with Crippen LogP contribution in [0.15, 0.2) is 0 Å². The molecule has 0 saturated carbocycles. The van der Waals surface area contributed by atoms with E-state index in [2.05, 4.69) is 31.0 Å². The standard InChI is InChI=1S/C4HN3P3/c1-2-3-4-10-6-8-5-9-7-10/h1H/q+1. The van der Waals surface area contributed by atoms with E-state index in [1.165, 1.54) is 0 Å². The van der Waals surface area contributed by atoms with E-state index in [4.69, 9.17) is 6.42 Å². The third-order valence-corrected chi connectivity index (χ3v) is 3.50. The Labute approximate surface area is 63.0 Å². The van der Waals surface area contributed by atoms with Gasteiger partial charge in [0.25, 0.3) is 7.85 Å². The smallest absolute Gasteiger partial charge is 0.106 e. The molecule has 0 saturated heterocycles. The molecule has 0 radical (unpaired) electrons. The molecule has 0 aromatic carbocycles. The van der Waals surface area contributed by atoms with Crippen molar-refractivity contribution in [1.29, 1.82) is 0 Å². The molecular formula is C4HN3P3+. The number of rotatable bonds is 0. The summed E-state index contributed by atoms with van der Waals surface area (Å²) in [6.07, 6.45) is 4.92. The molecule has 0 unspecified atom stereocenters. The van der Waals surface area contributed by atoms with Crippen molar-refractivity contribution in [3.63, 3.8) is 0 Å². The zero-order valence-electron chi connectivity index (χ0n) is 4.76. The van der Waals surface area contributed by atoms with Crippen molar-refractivity contribution in [2.75, 3.05) is 0 Å². The predicted molar refractivity (Wildman–Crippen MR) is 44.0 cm³/mol. The van der Waals surface area contributed by atoms with Gasteiger partial charge in [-0.25, -0.2) is 0 Å². The van der Waals surface area contributed by atoms with Crippen LogP contribution in [0.25, 0.3) is 0 Å². The number of hydrogen-bond acceptors (Lipinski definition) is 3. The van der Waals surface area contributed by atoms with Crippen molar-refractivity contribution in [3.05, 3.63) is 0 Å². The summed E-state index contributed by atoms with van der Waals surface area (Å²) < 4.78 is 11.8. The first-order valence-corrected chi connectivity index (χ1v) is 5.06. The SMILES string of the molecule is C#CC#C[p+]1npnpn1. The molecule has 3 nitrogen and oxygen atoms in total. The van der Waals surface area contributed by atoms with Crippen molar-refractivity contribution < 1.29 is 0 Å². The van der Waals surface area contributed by atoms with Crippen LogP contribution in [0.2, 0.25) is 0 Å². The van der Waals surface area contributed by atoms with Gasteiger partial charge in [-0.2, -0.15) is 0 Å². The van der Waals surface area contributed by atoms with Crippen LogP contribution in [0.1, 0.15) is 0 Å². The van der Waals surface area contributed by atoms with Crippen molar-refractivity contribution >= 4 is 24.9 Å². The van der Waals surface area contributed by atoms with E-state index in [-0.39, 0.29) is 0 Å². The minimum atomic E-state index is -0.850. The molecule has 1 aromatic heterocycles. The molecule has 0 amide bonds. The molecule has 1 aromatic rings. The van der Waals surface area contributed by atoms with Crippen LogP contribution in [0.4, 0.5) is 0 Å². The fraction of sp³-hybridized carbons (Fsp3) is 0. The Balaban J connectivity index is 2.89. The van der Waals surface area contributed by atoms with Crippen LogP contribution in [0.5, 0.6) is 0 Å². The van der Waals surface area contributed by atoms with Gasteiger partial charge < -0.3 is 0 Å². The molecule has 0 N–H and O–H groups in total. The molecule has 1 rings (SSSR count). The van der Waals surface area contributed by atoms with Crippen molar-refractivity contribution in [1.82, 2.24) is 13.5 Å². The molecule has 6 heteroatoms. The van der Waals surface area contributed by atoms with Gasteiger partial charge in [-0.1, -0.05) is 0 Å². The lowest BCUT2D eigenvalue weighted by atomic mass is 10.7. The molecule has 0 aliphatic rings. The second-order valence-electron chi connectivity index (χ2n) is 1.12. The van der Waals surface area contributed by atoms with Gasteiger partial charge in [0.15, 0.2) is 0 Å². The van der Waals surface area contributed by atoms with Crippen molar-refractivity contribution in [2.24, 2.45) is 0 Å². The minimum absolute atomic E-state index is 0.725. The Kier molecular flexibility index (Phi) is 3.21. The van der Waals surface area contributed by atoms with Gasteiger partial charge in [0.05, 0.1) is 5.66 Å². The van der Waals surface area contributed by atoms with E-state index in [1.54, 1.807) is 0 Å². The first-order chi connectivity index (χ1) is 4.93. The van der Waals surface area contributed by atoms with Gasteiger partial charge >= 0.3 is 17.0 Å². The highest BCUT2D eigenvalue weighted by Crippen LogP contribution is 2.18. The fourth-order valence-corrected chi connectivity index (χ4v) is 2.94. The number of terminal acetylenes is 1. The van der Waals surface area contributed by atoms with Crippen LogP contribution >= 0.6 is 24.9 Å². The summed E-state index contributed by atoms with van der Waals surface area (Å²) >= 11 is 0. The largest absolute Gasteiger partial charge is 0.347 e. The lowest BCUT2D eigenvalue weighted by Crippen LogP contribution is -1.60. The van der Waals surface area contributed by atoms with Crippen LogP contribution in [0, 0.1) is 23.9 Å². The first-order valence-electron chi connectivity index (χ1n) is 2.21. The third kappa shape index (κ3) is 2.34. The van der Waals surface area contributed by atoms with E-state index in [9.17, 15) is 0 Å². The van der Waals surface area contributed by atoms with E-state index >= 15 is 0 Å². The lowest BCUT2D eigenvalue weighted by molar-refractivity contribution is 1.68. The highest BCUT2D eigenvalue weighted by Gasteiger charge is 1.96. The zero-order valence-corrected chi connectivity index (χ0v) is 7.44. The molecule has 0 bridgehead atoms. The summed E-state index contributed by atoms with van der Waals surface area (Å²) in [5, 5.41) is 0. The predicted octanol–water partition coefficient (Wildman–Crippen LogP) is 1.74. The quantitative estimate of drug-likeness (QED) is 0.576. The lowest BCUT2D eigenvalue weighted by Gasteiger charge is -1.66. The summed E-state index contributed by atoms with van der Waals surface area (Å²) in [5.74, 6) is 4.70. The molecule has 1 heterocycles. The Hall–Kier alpha value is -0.580. The highest BCUT2D eigenvalue weighted by atomic mass is 31.2. The van der Waals surface area contributed by atoms with Gasteiger partial charge in [0.2, 0.25) is 0 Å². The van der Waals surface area contributed by atoms with Crippen LogP contribution in [-0.4, -0.2) is 13.5 Å². The number of hydrogen-bond donors (Lipinski definition) is 0. The van der Waals surface area contributed by atoms with E-state index < -0.39 is 7.85 Å². The van der Waals surface area contributed by atoms with E-state index in [0.29, 0.717) is 0 Å². The fourth-order valence-electron chi connectivity index (χ4n) is 0.274. The summed E-state index contributed by atoms with van der Waals surface area (Å²) in [6.45, 7) is 0. The average molecular weight is 184 g/mol. The summed E-state index contributed by atoms with van der Waals surface area (Å²) in [5.41, 5.74) is 2.74. The Bertz CT molecular complexity index is 306. The maximum absolute atomic E-state index is 4.92. The molecule has 0 fully saturated rings. The van der Waals surface area contributed by atoms with E-state index in [0.717, 1.165) is 17.0 Å². The third-order valence-electron chi connectivity index (χ3n) is 0.558. The molecule has 46 valence electrons. The van der Waals surface area contributed by atoms with Gasteiger partial charge in [0, 0.05) is 5.92 Å². The first kappa shape index (κ1) is 7.53. The maximum Gasteiger partial charge on any atom is 0.347 e. The van der Waals surface area contributed by atoms with Crippen molar-refractivity contribution in [3.8, 4) is 23.9 Å². The minimum Gasteiger partial charge on any atom is -0.106 e.